The Kier molecular flexibility index (Phi) is 3.20. The zero-order valence-electron chi connectivity index (χ0n) is 11.1. The predicted octanol–water partition coefficient (Wildman–Crippen LogP) is 0.733. The van der Waals surface area contributed by atoms with Crippen molar-refractivity contribution >= 4 is 5.96 Å². The number of nitrogens with zero attached hydrogens (tertiary/aromatic N) is 2. The molecule has 3 aliphatic rings. The van der Waals surface area contributed by atoms with Crippen molar-refractivity contribution in [2.45, 2.75) is 50.4 Å². The number of aliphatic imine (C=N–C) groups is 1. The molecule has 0 bridgehead atoms. The fourth-order valence-corrected chi connectivity index (χ4v) is 3.46. The maximum absolute atomic E-state index is 6.09. The van der Waals surface area contributed by atoms with Crippen LogP contribution in [0.25, 0.3) is 0 Å². The number of hydrogen-bond acceptors (Lipinski definition) is 5. The van der Waals surface area contributed by atoms with E-state index in [1.54, 1.807) is 0 Å². The summed E-state index contributed by atoms with van der Waals surface area (Å²) in [5.74, 6) is 0.694. The van der Waals surface area contributed by atoms with Crippen LogP contribution in [0.1, 0.15) is 32.6 Å². The molecule has 2 N–H and O–H groups in total. The van der Waals surface area contributed by atoms with Gasteiger partial charge in [-0.15, -0.1) is 0 Å². The molecule has 0 amide bonds. The molecular formula is C13H23N3O2. The van der Waals surface area contributed by atoms with Gasteiger partial charge >= 0.3 is 0 Å². The molecule has 3 aliphatic heterocycles. The topological polar surface area (TPSA) is 60.1 Å². The quantitative estimate of drug-likeness (QED) is 0.788. The van der Waals surface area contributed by atoms with Crippen LogP contribution in [0.3, 0.4) is 0 Å². The van der Waals surface area contributed by atoms with E-state index in [9.17, 15) is 0 Å². The third kappa shape index (κ3) is 2.10. The fraction of sp³-hybridized carbons (Fsp3) is 0.923. The summed E-state index contributed by atoms with van der Waals surface area (Å²) >= 11 is 0. The normalized spacial score (nSPS) is 40.5. The van der Waals surface area contributed by atoms with Crippen molar-refractivity contribution in [3.05, 3.63) is 0 Å². The molecular weight excluding hydrogens is 230 g/mol. The Bertz CT molecular complexity index is 341. The van der Waals surface area contributed by atoms with Crippen LogP contribution in [0.4, 0.5) is 0 Å². The molecule has 3 atom stereocenters. The first-order valence-corrected chi connectivity index (χ1v) is 7.00. The van der Waals surface area contributed by atoms with Crippen LogP contribution in [-0.2, 0) is 9.47 Å². The average Bonchev–Trinajstić information content (AvgIpc) is 2.94. The van der Waals surface area contributed by atoms with Crippen LogP contribution in [0.5, 0.6) is 0 Å². The van der Waals surface area contributed by atoms with Gasteiger partial charge in [0.15, 0.2) is 5.96 Å². The molecule has 102 valence electrons. The van der Waals surface area contributed by atoms with Crippen LogP contribution >= 0.6 is 0 Å². The van der Waals surface area contributed by atoms with Gasteiger partial charge in [-0.2, -0.15) is 0 Å². The van der Waals surface area contributed by atoms with E-state index < -0.39 is 0 Å². The lowest BCUT2D eigenvalue weighted by Crippen LogP contribution is -2.57. The summed E-state index contributed by atoms with van der Waals surface area (Å²) in [4.78, 5) is 6.77. The largest absolute Gasteiger partial charge is 0.378 e. The number of ether oxygens (including phenoxy) is 2. The molecule has 0 aliphatic carbocycles. The zero-order chi connectivity index (χ0) is 12.6. The number of nitrogens with two attached hydrogens (primary N) is 1. The number of hydrogen-bond donors (Lipinski definition) is 1. The summed E-state index contributed by atoms with van der Waals surface area (Å²) in [6, 6.07) is 0. The summed E-state index contributed by atoms with van der Waals surface area (Å²) in [5, 5.41) is 0. The van der Waals surface area contributed by atoms with Gasteiger partial charge < -0.3 is 20.1 Å². The van der Waals surface area contributed by atoms with Crippen molar-refractivity contribution in [3.8, 4) is 0 Å². The van der Waals surface area contributed by atoms with Gasteiger partial charge in [-0.3, -0.25) is 4.99 Å². The van der Waals surface area contributed by atoms with Crippen molar-refractivity contribution in [3.63, 3.8) is 0 Å². The molecule has 2 saturated heterocycles. The van der Waals surface area contributed by atoms with Gasteiger partial charge in [0.2, 0.25) is 0 Å². The Morgan fingerprint density at radius 3 is 3.06 bits per heavy atom. The van der Waals surface area contributed by atoms with E-state index in [1.807, 2.05) is 0 Å². The standard InChI is InChI=1S/C13H23N3O2/c1-10-7-13(4-6-17-10)9-15-12(14)16(13)8-11-3-2-5-18-11/h10-11H,2-9H2,1H3,(H2,14,15). The monoisotopic (exact) mass is 253 g/mol. The van der Waals surface area contributed by atoms with Crippen LogP contribution in [0.2, 0.25) is 0 Å². The smallest absolute Gasteiger partial charge is 0.191 e. The van der Waals surface area contributed by atoms with Crippen molar-refractivity contribution in [2.24, 2.45) is 10.7 Å². The average molecular weight is 253 g/mol. The van der Waals surface area contributed by atoms with E-state index in [1.165, 1.54) is 6.42 Å². The molecule has 0 aromatic heterocycles. The molecule has 0 radical (unpaired) electrons. The van der Waals surface area contributed by atoms with E-state index in [4.69, 9.17) is 15.2 Å². The highest BCUT2D eigenvalue weighted by Crippen LogP contribution is 2.35. The molecule has 3 heterocycles. The second-order valence-corrected chi connectivity index (χ2v) is 5.78. The second kappa shape index (κ2) is 4.70. The van der Waals surface area contributed by atoms with E-state index in [0.29, 0.717) is 18.2 Å². The Morgan fingerprint density at radius 2 is 2.33 bits per heavy atom. The summed E-state index contributed by atoms with van der Waals surface area (Å²) in [5.41, 5.74) is 6.18. The number of rotatable bonds is 2. The lowest BCUT2D eigenvalue weighted by Gasteiger charge is -2.44. The minimum absolute atomic E-state index is 0.0910. The lowest BCUT2D eigenvalue weighted by atomic mass is 9.86. The van der Waals surface area contributed by atoms with E-state index in [-0.39, 0.29) is 5.54 Å². The Balaban J connectivity index is 1.73. The van der Waals surface area contributed by atoms with E-state index in [0.717, 1.165) is 45.6 Å². The molecule has 0 aromatic rings. The van der Waals surface area contributed by atoms with Crippen LogP contribution in [0, 0.1) is 0 Å². The van der Waals surface area contributed by atoms with Gasteiger partial charge in [-0.1, -0.05) is 0 Å². The highest BCUT2D eigenvalue weighted by Gasteiger charge is 2.46. The van der Waals surface area contributed by atoms with Crippen molar-refractivity contribution in [2.75, 3.05) is 26.3 Å². The highest BCUT2D eigenvalue weighted by atomic mass is 16.5. The van der Waals surface area contributed by atoms with Gasteiger partial charge in [0.05, 0.1) is 24.3 Å². The maximum Gasteiger partial charge on any atom is 0.191 e. The minimum atomic E-state index is 0.0910. The maximum atomic E-state index is 6.09. The van der Waals surface area contributed by atoms with Gasteiger partial charge in [-0.25, -0.2) is 0 Å². The zero-order valence-corrected chi connectivity index (χ0v) is 11.1. The minimum Gasteiger partial charge on any atom is -0.378 e. The SMILES string of the molecule is CC1CC2(CCO1)CN=C(N)N2CC1CCCO1. The molecule has 5 nitrogen and oxygen atoms in total. The molecule has 1 spiro atoms. The first-order valence-electron chi connectivity index (χ1n) is 7.00. The Labute approximate surface area is 108 Å². The summed E-state index contributed by atoms with van der Waals surface area (Å²) in [7, 11) is 0. The molecule has 3 unspecified atom stereocenters. The highest BCUT2D eigenvalue weighted by molar-refractivity contribution is 5.81. The van der Waals surface area contributed by atoms with Gasteiger partial charge in [0, 0.05) is 19.8 Å². The van der Waals surface area contributed by atoms with Crippen molar-refractivity contribution < 1.29 is 9.47 Å². The van der Waals surface area contributed by atoms with Crippen molar-refractivity contribution in [1.82, 2.24) is 4.90 Å². The Hall–Kier alpha value is -0.810. The number of guanidine groups is 1. The van der Waals surface area contributed by atoms with Crippen LogP contribution in [0.15, 0.2) is 4.99 Å². The first-order chi connectivity index (χ1) is 8.70. The summed E-state index contributed by atoms with van der Waals surface area (Å²) in [6.45, 7) is 5.55. The molecule has 3 rings (SSSR count). The first kappa shape index (κ1) is 12.2. The van der Waals surface area contributed by atoms with Gasteiger partial charge in [-0.05, 0) is 32.6 Å². The molecule has 0 aromatic carbocycles. The van der Waals surface area contributed by atoms with Gasteiger partial charge in [0.25, 0.3) is 0 Å². The summed E-state index contributed by atoms with van der Waals surface area (Å²) < 4.78 is 11.4. The van der Waals surface area contributed by atoms with Crippen LogP contribution < -0.4 is 5.73 Å². The third-order valence-corrected chi connectivity index (χ3v) is 4.43. The van der Waals surface area contributed by atoms with E-state index in [2.05, 4.69) is 16.8 Å². The molecule has 18 heavy (non-hydrogen) atoms. The Morgan fingerprint density at radius 1 is 1.44 bits per heavy atom. The molecule has 2 fully saturated rings. The van der Waals surface area contributed by atoms with E-state index >= 15 is 0 Å². The third-order valence-electron chi connectivity index (χ3n) is 4.43. The van der Waals surface area contributed by atoms with Crippen LogP contribution in [-0.4, -0.2) is 54.9 Å². The second-order valence-electron chi connectivity index (χ2n) is 5.78. The molecule has 0 saturated carbocycles. The van der Waals surface area contributed by atoms with Gasteiger partial charge in [0.1, 0.15) is 0 Å². The lowest BCUT2D eigenvalue weighted by molar-refractivity contribution is -0.0467. The van der Waals surface area contributed by atoms with Crippen molar-refractivity contribution in [1.29, 1.82) is 0 Å². The molecule has 5 heteroatoms. The summed E-state index contributed by atoms with van der Waals surface area (Å²) in [6.07, 6.45) is 4.98. The predicted molar refractivity (Wildman–Crippen MR) is 69.5 cm³/mol. The fourth-order valence-electron chi connectivity index (χ4n) is 3.46.